The van der Waals surface area contributed by atoms with Gasteiger partial charge >= 0.3 is 0 Å². The Bertz CT molecular complexity index is 846. The molecule has 2 aromatic rings. The second-order valence-corrected chi connectivity index (χ2v) is 7.28. The summed E-state index contributed by atoms with van der Waals surface area (Å²) in [6, 6.07) is 13.7. The molecule has 0 spiro atoms. The Morgan fingerprint density at radius 1 is 1.23 bits per heavy atom. The zero-order valence-corrected chi connectivity index (χ0v) is 15.0. The van der Waals surface area contributed by atoms with Crippen molar-refractivity contribution in [1.29, 1.82) is 0 Å². The van der Waals surface area contributed by atoms with E-state index in [1.54, 1.807) is 12.3 Å². The minimum Gasteiger partial charge on any atom is -0.368 e. The van der Waals surface area contributed by atoms with Crippen LogP contribution in [0.25, 0.3) is 0 Å². The summed E-state index contributed by atoms with van der Waals surface area (Å²) in [6.07, 6.45) is 4.59. The van der Waals surface area contributed by atoms with Gasteiger partial charge in [0.1, 0.15) is 6.54 Å². The molecule has 2 saturated heterocycles. The largest absolute Gasteiger partial charge is 0.368 e. The van der Waals surface area contributed by atoms with Crippen LogP contribution in [0, 0.1) is 6.92 Å². The molecule has 2 aliphatic rings. The first-order valence-electron chi connectivity index (χ1n) is 9.29. The molecule has 0 aliphatic carbocycles. The topological polar surface area (TPSA) is 51.5 Å². The third-order valence-electron chi connectivity index (χ3n) is 5.46. The smallest absolute Gasteiger partial charge is 0.251 e. The zero-order chi connectivity index (χ0) is 18.1. The molecule has 1 amide bonds. The molecule has 1 aromatic carbocycles. The minimum atomic E-state index is -0.128. The van der Waals surface area contributed by atoms with Crippen molar-refractivity contribution in [3.8, 4) is 0 Å². The lowest BCUT2D eigenvalue weighted by atomic mass is 9.95. The van der Waals surface area contributed by atoms with Gasteiger partial charge in [-0.1, -0.05) is 30.3 Å². The standard InChI is InChI=1S/C21H24N2O3/c1-15-9-11-22(20(24)12-15)14-21(25)23-10-5-8-18-17(23)13-19(26-18)16-6-3-2-4-7-16/h2-4,6-7,9,11-12,17-19H,5,8,10,13-14H2,1H3/t17-,18-,19-/m0/s1. The number of likely N-dealkylation sites (tertiary alicyclic amines) is 1. The fraction of sp³-hybridized carbons (Fsp3) is 0.429. The molecular weight excluding hydrogens is 328 g/mol. The fourth-order valence-electron chi connectivity index (χ4n) is 4.11. The molecule has 2 aliphatic heterocycles. The number of aromatic nitrogens is 1. The third-order valence-corrected chi connectivity index (χ3v) is 5.46. The lowest BCUT2D eigenvalue weighted by Gasteiger charge is -2.36. The number of nitrogens with zero attached hydrogens (tertiary/aromatic N) is 2. The molecule has 5 heteroatoms. The molecule has 1 aromatic heterocycles. The van der Waals surface area contributed by atoms with E-state index in [2.05, 4.69) is 12.1 Å². The average molecular weight is 352 g/mol. The van der Waals surface area contributed by atoms with E-state index < -0.39 is 0 Å². The Balaban J connectivity index is 1.49. The highest BCUT2D eigenvalue weighted by molar-refractivity contribution is 5.76. The van der Waals surface area contributed by atoms with Crippen LogP contribution in [-0.2, 0) is 16.1 Å². The normalized spacial score (nSPS) is 25.1. The second-order valence-electron chi connectivity index (χ2n) is 7.28. The summed E-state index contributed by atoms with van der Waals surface area (Å²) in [4.78, 5) is 26.9. The highest BCUT2D eigenvalue weighted by atomic mass is 16.5. The van der Waals surface area contributed by atoms with E-state index >= 15 is 0 Å². The lowest BCUT2D eigenvalue weighted by Crippen LogP contribution is -2.50. The molecule has 5 nitrogen and oxygen atoms in total. The number of pyridine rings is 1. The fourth-order valence-corrected chi connectivity index (χ4v) is 4.11. The van der Waals surface area contributed by atoms with Gasteiger partial charge in [-0.15, -0.1) is 0 Å². The van der Waals surface area contributed by atoms with Crippen molar-refractivity contribution in [2.45, 2.75) is 51.0 Å². The first kappa shape index (κ1) is 17.0. The first-order valence-corrected chi connectivity index (χ1v) is 9.29. The minimum absolute atomic E-state index is 0.00275. The van der Waals surface area contributed by atoms with Crippen molar-refractivity contribution in [2.75, 3.05) is 6.54 Å². The number of amides is 1. The van der Waals surface area contributed by atoms with E-state index in [0.717, 1.165) is 31.4 Å². The second kappa shape index (κ2) is 7.08. The Kier molecular flexibility index (Phi) is 4.64. The third kappa shape index (κ3) is 3.31. The lowest BCUT2D eigenvalue weighted by molar-refractivity contribution is -0.137. The van der Waals surface area contributed by atoms with Crippen LogP contribution in [0.2, 0.25) is 0 Å². The molecule has 3 atom stereocenters. The Hall–Kier alpha value is -2.40. The maximum Gasteiger partial charge on any atom is 0.251 e. The van der Waals surface area contributed by atoms with E-state index in [9.17, 15) is 9.59 Å². The van der Waals surface area contributed by atoms with Gasteiger partial charge in [0.15, 0.2) is 0 Å². The molecule has 3 heterocycles. The summed E-state index contributed by atoms with van der Waals surface area (Å²) in [7, 11) is 0. The van der Waals surface area contributed by atoms with Crippen LogP contribution < -0.4 is 5.56 Å². The number of fused-ring (bicyclic) bond motifs is 1. The summed E-state index contributed by atoms with van der Waals surface area (Å²) in [5, 5.41) is 0. The number of aryl methyl sites for hydroxylation is 1. The summed E-state index contributed by atoms with van der Waals surface area (Å²) in [5.41, 5.74) is 1.95. The van der Waals surface area contributed by atoms with Gasteiger partial charge in [0.05, 0.1) is 18.2 Å². The molecular formula is C21H24N2O3. The molecule has 0 N–H and O–H groups in total. The Morgan fingerprint density at radius 3 is 2.81 bits per heavy atom. The SMILES string of the molecule is Cc1ccn(CC(=O)N2CCC[C@@H]3O[C@H](c4ccccc4)C[C@@H]32)c(=O)c1. The summed E-state index contributed by atoms with van der Waals surface area (Å²) < 4.78 is 7.75. The van der Waals surface area contributed by atoms with E-state index in [4.69, 9.17) is 4.74 Å². The van der Waals surface area contributed by atoms with Crippen molar-refractivity contribution >= 4 is 5.91 Å². The number of carbonyl (C=O) groups excluding carboxylic acids is 1. The number of hydrogen-bond donors (Lipinski definition) is 0. The Labute approximate surface area is 153 Å². The number of hydrogen-bond acceptors (Lipinski definition) is 3. The van der Waals surface area contributed by atoms with Crippen LogP contribution in [-0.4, -0.2) is 34.1 Å². The quantitative estimate of drug-likeness (QED) is 0.853. The van der Waals surface area contributed by atoms with Gasteiger partial charge in [-0.25, -0.2) is 0 Å². The van der Waals surface area contributed by atoms with Gasteiger partial charge in [0.2, 0.25) is 5.91 Å². The first-order chi connectivity index (χ1) is 12.6. The van der Waals surface area contributed by atoms with Crippen LogP contribution in [0.4, 0.5) is 0 Å². The molecule has 0 saturated carbocycles. The van der Waals surface area contributed by atoms with Crippen LogP contribution in [0.15, 0.2) is 53.5 Å². The Morgan fingerprint density at radius 2 is 2.04 bits per heavy atom. The van der Waals surface area contributed by atoms with E-state index in [-0.39, 0.29) is 36.3 Å². The van der Waals surface area contributed by atoms with Crippen LogP contribution in [0.3, 0.4) is 0 Å². The summed E-state index contributed by atoms with van der Waals surface area (Å²) in [5.74, 6) is 0.00275. The monoisotopic (exact) mass is 352 g/mol. The van der Waals surface area contributed by atoms with E-state index in [1.807, 2.05) is 36.1 Å². The van der Waals surface area contributed by atoms with Crippen molar-refractivity contribution in [1.82, 2.24) is 9.47 Å². The van der Waals surface area contributed by atoms with Crippen LogP contribution >= 0.6 is 0 Å². The molecule has 26 heavy (non-hydrogen) atoms. The number of piperidine rings is 1. The predicted octanol–water partition coefficient (Wildman–Crippen LogP) is 2.68. The van der Waals surface area contributed by atoms with Gasteiger partial charge in [0.25, 0.3) is 5.56 Å². The van der Waals surface area contributed by atoms with Crippen LogP contribution in [0.1, 0.15) is 36.5 Å². The molecule has 4 rings (SSSR count). The molecule has 0 unspecified atom stereocenters. The molecule has 0 radical (unpaired) electrons. The average Bonchev–Trinajstić information content (AvgIpc) is 3.09. The number of rotatable bonds is 3. The van der Waals surface area contributed by atoms with Crippen molar-refractivity contribution in [3.05, 3.63) is 70.1 Å². The maximum atomic E-state index is 12.9. The summed E-state index contributed by atoms with van der Waals surface area (Å²) >= 11 is 0. The van der Waals surface area contributed by atoms with E-state index in [0.29, 0.717) is 0 Å². The van der Waals surface area contributed by atoms with Gasteiger partial charge in [-0.2, -0.15) is 0 Å². The molecule has 2 fully saturated rings. The summed E-state index contributed by atoms with van der Waals surface area (Å²) in [6.45, 7) is 2.71. The van der Waals surface area contributed by atoms with Crippen molar-refractivity contribution in [2.24, 2.45) is 0 Å². The van der Waals surface area contributed by atoms with Crippen LogP contribution in [0.5, 0.6) is 0 Å². The molecule has 136 valence electrons. The number of benzene rings is 1. The van der Waals surface area contributed by atoms with E-state index in [1.165, 1.54) is 10.1 Å². The number of carbonyl (C=O) groups is 1. The van der Waals surface area contributed by atoms with Gasteiger partial charge in [-0.3, -0.25) is 9.59 Å². The molecule has 0 bridgehead atoms. The van der Waals surface area contributed by atoms with Gasteiger partial charge in [-0.05, 0) is 37.0 Å². The maximum absolute atomic E-state index is 12.9. The highest BCUT2D eigenvalue weighted by Crippen LogP contribution is 2.39. The van der Waals surface area contributed by atoms with Gasteiger partial charge < -0.3 is 14.2 Å². The number of ether oxygens (including phenoxy) is 1. The highest BCUT2D eigenvalue weighted by Gasteiger charge is 2.43. The predicted molar refractivity (Wildman–Crippen MR) is 98.8 cm³/mol. The van der Waals surface area contributed by atoms with Crippen molar-refractivity contribution in [3.63, 3.8) is 0 Å². The van der Waals surface area contributed by atoms with Gasteiger partial charge in [0, 0.05) is 25.2 Å². The van der Waals surface area contributed by atoms with Crippen molar-refractivity contribution < 1.29 is 9.53 Å². The zero-order valence-electron chi connectivity index (χ0n) is 15.0.